The SMILES string of the molecule is Fc1cccc(NC(=S)Nc2ccccc2Sc2ccccc2)c1. The highest BCUT2D eigenvalue weighted by Gasteiger charge is 2.06. The summed E-state index contributed by atoms with van der Waals surface area (Å²) in [6, 6.07) is 24.3. The van der Waals surface area contributed by atoms with Gasteiger partial charge in [0.1, 0.15) is 5.82 Å². The molecule has 2 nitrogen and oxygen atoms in total. The summed E-state index contributed by atoms with van der Waals surface area (Å²) >= 11 is 6.99. The standard InChI is InChI=1S/C19H15FN2S2/c20-14-7-6-8-15(13-14)21-19(23)22-17-11-4-5-12-18(17)24-16-9-2-1-3-10-16/h1-13H,(H2,21,22,23). The van der Waals surface area contributed by atoms with Gasteiger partial charge in [0, 0.05) is 15.5 Å². The summed E-state index contributed by atoms with van der Waals surface area (Å²) < 4.78 is 13.2. The van der Waals surface area contributed by atoms with Crippen molar-refractivity contribution in [1.29, 1.82) is 0 Å². The normalized spacial score (nSPS) is 10.2. The minimum absolute atomic E-state index is 0.303. The smallest absolute Gasteiger partial charge is 0.175 e. The van der Waals surface area contributed by atoms with Crippen LogP contribution < -0.4 is 10.6 Å². The van der Waals surface area contributed by atoms with Crippen LogP contribution in [0.25, 0.3) is 0 Å². The van der Waals surface area contributed by atoms with Crippen molar-refractivity contribution in [2.24, 2.45) is 0 Å². The van der Waals surface area contributed by atoms with Crippen molar-refractivity contribution < 1.29 is 4.39 Å². The van der Waals surface area contributed by atoms with Crippen LogP contribution in [0, 0.1) is 5.82 Å². The minimum Gasteiger partial charge on any atom is -0.332 e. The van der Waals surface area contributed by atoms with Crippen molar-refractivity contribution in [1.82, 2.24) is 0 Å². The molecule has 3 rings (SSSR count). The summed E-state index contributed by atoms with van der Waals surface area (Å²) in [5.74, 6) is -0.303. The van der Waals surface area contributed by atoms with Gasteiger partial charge in [0.25, 0.3) is 0 Å². The van der Waals surface area contributed by atoms with E-state index in [0.717, 1.165) is 15.5 Å². The van der Waals surface area contributed by atoms with Gasteiger partial charge >= 0.3 is 0 Å². The zero-order valence-electron chi connectivity index (χ0n) is 12.7. The molecule has 0 saturated heterocycles. The second-order valence-corrected chi connectivity index (χ2v) is 6.52. The largest absolute Gasteiger partial charge is 0.332 e. The Morgan fingerprint density at radius 3 is 2.38 bits per heavy atom. The molecule has 0 spiro atoms. The summed E-state index contributed by atoms with van der Waals surface area (Å²) in [4.78, 5) is 2.21. The number of para-hydroxylation sites is 1. The van der Waals surface area contributed by atoms with Crippen molar-refractivity contribution >= 4 is 40.5 Å². The number of hydrogen-bond acceptors (Lipinski definition) is 2. The zero-order chi connectivity index (χ0) is 16.8. The molecule has 2 N–H and O–H groups in total. The average Bonchev–Trinajstić information content (AvgIpc) is 2.57. The van der Waals surface area contributed by atoms with Gasteiger partial charge in [-0.2, -0.15) is 0 Å². The molecule has 120 valence electrons. The number of thiocarbonyl (C=S) groups is 1. The molecule has 0 bridgehead atoms. The molecule has 0 amide bonds. The first-order valence-electron chi connectivity index (χ1n) is 7.36. The maximum absolute atomic E-state index is 13.2. The maximum Gasteiger partial charge on any atom is 0.175 e. The van der Waals surface area contributed by atoms with E-state index >= 15 is 0 Å². The number of anilines is 2. The van der Waals surface area contributed by atoms with Gasteiger partial charge in [-0.15, -0.1) is 0 Å². The van der Waals surface area contributed by atoms with Gasteiger partial charge in [-0.3, -0.25) is 0 Å². The second kappa shape index (κ2) is 7.95. The van der Waals surface area contributed by atoms with E-state index < -0.39 is 0 Å². The van der Waals surface area contributed by atoms with E-state index in [1.165, 1.54) is 12.1 Å². The molecule has 0 fully saturated rings. The fourth-order valence-electron chi connectivity index (χ4n) is 2.13. The van der Waals surface area contributed by atoms with Gasteiger partial charge in [0.2, 0.25) is 0 Å². The first-order valence-corrected chi connectivity index (χ1v) is 8.59. The first kappa shape index (κ1) is 16.5. The van der Waals surface area contributed by atoms with E-state index in [1.807, 2.05) is 42.5 Å². The molecular weight excluding hydrogens is 339 g/mol. The van der Waals surface area contributed by atoms with E-state index in [9.17, 15) is 4.39 Å². The number of benzene rings is 3. The van der Waals surface area contributed by atoms with Crippen molar-refractivity contribution in [3.05, 3.63) is 84.7 Å². The molecule has 0 unspecified atom stereocenters. The van der Waals surface area contributed by atoms with E-state index in [1.54, 1.807) is 23.9 Å². The van der Waals surface area contributed by atoms with Crippen molar-refractivity contribution in [2.45, 2.75) is 9.79 Å². The molecule has 0 saturated carbocycles. The Morgan fingerprint density at radius 1 is 0.833 bits per heavy atom. The van der Waals surface area contributed by atoms with Gasteiger partial charge in [-0.25, -0.2) is 4.39 Å². The monoisotopic (exact) mass is 354 g/mol. The zero-order valence-corrected chi connectivity index (χ0v) is 14.3. The van der Waals surface area contributed by atoms with Gasteiger partial charge in [-0.05, 0) is 54.7 Å². The van der Waals surface area contributed by atoms with Crippen LogP contribution >= 0.6 is 24.0 Å². The second-order valence-electron chi connectivity index (χ2n) is 5.00. The number of halogens is 1. The molecule has 3 aromatic rings. The molecular formula is C19H15FN2S2. The minimum atomic E-state index is -0.303. The topological polar surface area (TPSA) is 24.1 Å². The Balaban J connectivity index is 1.72. The molecule has 0 aliphatic rings. The van der Waals surface area contributed by atoms with E-state index in [-0.39, 0.29) is 5.82 Å². The lowest BCUT2D eigenvalue weighted by Crippen LogP contribution is -2.19. The molecule has 24 heavy (non-hydrogen) atoms. The van der Waals surface area contributed by atoms with Crippen LogP contribution in [0.3, 0.4) is 0 Å². The molecule has 5 heteroatoms. The Morgan fingerprint density at radius 2 is 1.58 bits per heavy atom. The predicted octanol–water partition coefficient (Wildman–Crippen LogP) is 5.79. The highest BCUT2D eigenvalue weighted by molar-refractivity contribution is 7.99. The predicted molar refractivity (Wildman–Crippen MR) is 103 cm³/mol. The van der Waals surface area contributed by atoms with Crippen molar-refractivity contribution in [3.8, 4) is 0 Å². The Labute approximate surface area is 150 Å². The number of rotatable bonds is 4. The molecule has 0 aliphatic carbocycles. The van der Waals surface area contributed by atoms with Gasteiger partial charge in [-0.1, -0.05) is 48.2 Å². The Kier molecular flexibility index (Phi) is 5.46. The van der Waals surface area contributed by atoms with Crippen LogP contribution in [0.5, 0.6) is 0 Å². The highest BCUT2D eigenvalue weighted by Crippen LogP contribution is 2.33. The first-order chi connectivity index (χ1) is 11.7. The van der Waals surface area contributed by atoms with Gasteiger partial charge in [0.15, 0.2) is 5.11 Å². The third kappa shape index (κ3) is 4.57. The van der Waals surface area contributed by atoms with Crippen LogP contribution in [0.1, 0.15) is 0 Å². The summed E-state index contributed by atoms with van der Waals surface area (Å²) in [7, 11) is 0. The lowest BCUT2D eigenvalue weighted by molar-refractivity contribution is 0.628. The number of nitrogens with one attached hydrogen (secondary N) is 2. The van der Waals surface area contributed by atoms with Gasteiger partial charge in [0.05, 0.1) is 5.69 Å². The van der Waals surface area contributed by atoms with E-state index in [0.29, 0.717) is 10.8 Å². The van der Waals surface area contributed by atoms with Crippen LogP contribution in [0.2, 0.25) is 0 Å². The molecule has 0 aliphatic heterocycles. The van der Waals surface area contributed by atoms with Crippen molar-refractivity contribution in [3.63, 3.8) is 0 Å². The van der Waals surface area contributed by atoms with Crippen molar-refractivity contribution in [2.75, 3.05) is 10.6 Å². The summed E-state index contributed by atoms with van der Waals surface area (Å²) in [6.07, 6.45) is 0. The third-order valence-electron chi connectivity index (χ3n) is 3.19. The van der Waals surface area contributed by atoms with Gasteiger partial charge < -0.3 is 10.6 Å². The lowest BCUT2D eigenvalue weighted by atomic mass is 10.3. The van der Waals surface area contributed by atoms with Crippen LogP contribution in [0.4, 0.5) is 15.8 Å². The third-order valence-corrected chi connectivity index (χ3v) is 4.48. The van der Waals surface area contributed by atoms with E-state index in [2.05, 4.69) is 22.8 Å². The molecule has 0 atom stereocenters. The van der Waals surface area contributed by atoms with Crippen LogP contribution in [-0.2, 0) is 0 Å². The highest BCUT2D eigenvalue weighted by atomic mass is 32.2. The number of hydrogen-bond donors (Lipinski definition) is 2. The Hall–Kier alpha value is -2.37. The quantitative estimate of drug-likeness (QED) is 0.580. The van der Waals surface area contributed by atoms with E-state index in [4.69, 9.17) is 12.2 Å². The average molecular weight is 354 g/mol. The molecule has 0 radical (unpaired) electrons. The molecule has 0 heterocycles. The Bertz CT molecular complexity index is 838. The molecule has 3 aromatic carbocycles. The fraction of sp³-hybridized carbons (Fsp3) is 0. The molecule has 0 aromatic heterocycles. The summed E-state index contributed by atoms with van der Waals surface area (Å²) in [5, 5.41) is 6.59. The lowest BCUT2D eigenvalue weighted by Gasteiger charge is -2.14. The van der Waals surface area contributed by atoms with Crippen LogP contribution in [-0.4, -0.2) is 5.11 Å². The summed E-state index contributed by atoms with van der Waals surface area (Å²) in [6.45, 7) is 0. The summed E-state index contributed by atoms with van der Waals surface area (Å²) in [5.41, 5.74) is 1.51. The fourth-order valence-corrected chi connectivity index (χ4v) is 3.28. The maximum atomic E-state index is 13.2. The van der Waals surface area contributed by atoms with Crippen LogP contribution in [0.15, 0.2) is 88.7 Å².